The van der Waals surface area contributed by atoms with Crippen molar-refractivity contribution in [3.8, 4) is 0 Å². The molecule has 1 aromatic carbocycles. The summed E-state index contributed by atoms with van der Waals surface area (Å²) >= 11 is 0. The number of halogens is 2. The summed E-state index contributed by atoms with van der Waals surface area (Å²) in [6.07, 6.45) is 7.73. The molecule has 148 valence electrons. The number of ether oxygens (including phenoxy) is 1. The van der Waals surface area contributed by atoms with Gasteiger partial charge in [0.25, 0.3) is 0 Å². The highest BCUT2D eigenvalue weighted by Crippen LogP contribution is 2.27. The summed E-state index contributed by atoms with van der Waals surface area (Å²) < 4.78 is 58.8. The molecule has 0 aromatic heterocycles. The molecule has 1 aliphatic heterocycles. The topological polar surface area (TPSA) is 63.7 Å². The van der Waals surface area contributed by atoms with Crippen LogP contribution in [-0.4, -0.2) is 38.4 Å². The van der Waals surface area contributed by atoms with E-state index in [-0.39, 0.29) is 25.0 Å². The third-order valence-electron chi connectivity index (χ3n) is 5.14. The van der Waals surface area contributed by atoms with Crippen LogP contribution < -0.4 is 0 Å². The molecule has 0 N–H and O–H groups in total. The predicted molar refractivity (Wildman–Crippen MR) is 95.3 cm³/mol. The van der Waals surface area contributed by atoms with Crippen LogP contribution in [0.15, 0.2) is 35.2 Å². The van der Waals surface area contributed by atoms with Gasteiger partial charge in [0, 0.05) is 13.1 Å². The minimum absolute atomic E-state index is 0.0736. The van der Waals surface area contributed by atoms with Gasteiger partial charge in [-0.1, -0.05) is 12.2 Å². The number of benzene rings is 1. The highest BCUT2D eigenvalue weighted by molar-refractivity contribution is 7.89. The third-order valence-corrected chi connectivity index (χ3v) is 7.05. The molecule has 1 fully saturated rings. The summed E-state index contributed by atoms with van der Waals surface area (Å²) in [5, 5.41) is 0. The smallest absolute Gasteiger partial charge is 0.309 e. The van der Waals surface area contributed by atoms with E-state index in [1.165, 1.54) is 0 Å². The monoisotopic (exact) mass is 399 g/mol. The van der Waals surface area contributed by atoms with Crippen LogP contribution in [0.5, 0.6) is 0 Å². The zero-order valence-corrected chi connectivity index (χ0v) is 15.8. The van der Waals surface area contributed by atoms with Crippen LogP contribution in [0.25, 0.3) is 0 Å². The van der Waals surface area contributed by atoms with Gasteiger partial charge in [-0.2, -0.15) is 4.31 Å². The van der Waals surface area contributed by atoms with Gasteiger partial charge in [0.05, 0.1) is 12.5 Å². The van der Waals surface area contributed by atoms with Gasteiger partial charge in [-0.15, -0.1) is 0 Å². The van der Waals surface area contributed by atoms with Gasteiger partial charge in [0.1, 0.15) is 16.5 Å². The lowest BCUT2D eigenvalue weighted by Gasteiger charge is -2.30. The molecule has 1 aromatic rings. The highest BCUT2D eigenvalue weighted by atomic mass is 32.2. The molecule has 0 bridgehead atoms. The van der Waals surface area contributed by atoms with Crippen molar-refractivity contribution in [2.24, 2.45) is 11.8 Å². The van der Waals surface area contributed by atoms with Crippen molar-refractivity contribution in [1.82, 2.24) is 4.31 Å². The van der Waals surface area contributed by atoms with Crippen LogP contribution in [0.4, 0.5) is 8.78 Å². The summed E-state index contributed by atoms with van der Waals surface area (Å²) in [5.74, 6) is -2.13. The van der Waals surface area contributed by atoms with Crippen molar-refractivity contribution < 1.29 is 26.7 Å². The summed E-state index contributed by atoms with van der Waals surface area (Å²) in [6.45, 7) is 0.532. The second kappa shape index (κ2) is 8.48. The Hall–Kier alpha value is -1.80. The number of esters is 1. The van der Waals surface area contributed by atoms with Crippen LogP contribution in [0.1, 0.15) is 32.1 Å². The van der Waals surface area contributed by atoms with E-state index in [1.807, 2.05) is 0 Å². The molecule has 1 atom stereocenters. The quantitative estimate of drug-likeness (QED) is 0.563. The molecular weight excluding hydrogens is 376 g/mol. The number of sulfonamides is 1. The summed E-state index contributed by atoms with van der Waals surface area (Å²) in [5.41, 5.74) is 0. The van der Waals surface area contributed by atoms with Gasteiger partial charge < -0.3 is 4.74 Å². The first-order valence-electron chi connectivity index (χ1n) is 9.15. The number of nitrogens with zero attached hydrogens (tertiary/aromatic N) is 1. The third kappa shape index (κ3) is 4.73. The van der Waals surface area contributed by atoms with Gasteiger partial charge in [-0.05, 0) is 56.2 Å². The molecule has 27 heavy (non-hydrogen) atoms. The van der Waals surface area contributed by atoms with Crippen molar-refractivity contribution in [1.29, 1.82) is 0 Å². The number of carbonyl (C=O) groups is 1. The van der Waals surface area contributed by atoms with Crippen molar-refractivity contribution in [3.63, 3.8) is 0 Å². The fourth-order valence-corrected chi connectivity index (χ4v) is 5.02. The van der Waals surface area contributed by atoms with Gasteiger partial charge in [0.2, 0.25) is 10.0 Å². The lowest BCUT2D eigenvalue weighted by Crippen LogP contribution is -2.41. The Labute approximate surface area is 158 Å². The highest BCUT2D eigenvalue weighted by Gasteiger charge is 2.34. The van der Waals surface area contributed by atoms with Crippen LogP contribution in [0, 0.1) is 23.5 Å². The lowest BCUT2D eigenvalue weighted by atomic mass is 9.95. The lowest BCUT2D eigenvalue weighted by molar-refractivity contribution is -0.151. The largest absolute Gasteiger partial charge is 0.465 e. The summed E-state index contributed by atoms with van der Waals surface area (Å²) in [6, 6.07) is 2.36. The first-order valence-corrected chi connectivity index (χ1v) is 10.6. The Morgan fingerprint density at radius 2 is 1.89 bits per heavy atom. The molecule has 0 radical (unpaired) electrons. The fourth-order valence-electron chi connectivity index (χ4n) is 3.47. The Morgan fingerprint density at radius 3 is 2.56 bits per heavy atom. The predicted octanol–water partition coefficient (Wildman–Crippen LogP) is 3.27. The van der Waals surface area contributed by atoms with Gasteiger partial charge >= 0.3 is 5.97 Å². The minimum Gasteiger partial charge on any atom is -0.465 e. The average molecular weight is 399 g/mol. The Balaban J connectivity index is 1.55. The molecule has 0 amide bonds. The Kier molecular flexibility index (Phi) is 6.26. The first-order chi connectivity index (χ1) is 12.9. The Bertz CT molecular complexity index is 817. The molecule has 1 unspecified atom stereocenters. The van der Waals surface area contributed by atoms with Crippen LogP contribution >= 0.6 is 0 Å². The van der Waals surface area contributed by atoms with E-state index >= 15 is 0 Å². The van der Waals surface area contributed by atoms with E-state index < -0.39 is 26.6 Å². The number of piperidine rings is 1. The van der Waals surface area contributed by atoms with E-state index in [0.717, 1.165) is 35.7 Å². The van der Waals surface area contributed by atoms with Crippen LogP contribution in [-0.2, 0) is 19.6 Å². The maximum Gasteiger partial charge on any atom is 0.309 e. The van der Waals surface area contributed by atoms with E-state index in [9.17, 15) is 22.0 Å². The van der Waals surface area contributed by atoms with Gasteiger partial charge in [0.15, 0.2) is 0 Å². The van der Waals surface area contributed by atoms with Crippen LogP contribution in [0.3, 0.4) is 0 Å². The molecule has 5 nitrogen and oxygen atoms in total. The molecule has 8 heteroatoms. The molecule has 1 saturated heterocycles. The van der Waals surface area contributed by atoms with Crippen molar-refractivity contribution in [2.45, 2.75) is 37.0 Å². The van der Waals surface area contributed by atoms with Crippen molar-refractivity contribution in [2.75, 3.05) is 19.7 Å². The fraction of sp³-hybridized carbons (Fsp3) is 0.526. The number of carbonyl (C=O) groups excluding carboxylic acids is 1. The molecule has 0 spiro atoms. The minimum atomic E-state index is -4.14. The van der Waals surface area contributed by atoms with E-state index in [2.05, 4.69) is 12.2 Å². The van der Waals surface area contributed by atoms with E-state index in [1.54, 1.807) is 0 Å². The normalized spacial score (nSPS) is 21.9. The molecule has 3 rings (SSSR count). The van der Waals surface area contributed by atoms with E-state index in [4.69, 9.17) is 4.74 Å². The Morgan fingerprint density at radius 1 is 1.15 bits per heavy atom. The SMILES string of the molecule is O=C(OCC1CC=CCC1)C1CCN(S(=O)(=O)c2cc(F)ccc2F)CC1. The molecular formula is C19H23F2NO4S. The maximum atomic E-state index is 13.9. The molecule has 1 heterocycles. The number of hydrogen-bond acceptors (Lipinski definition) is 4. The standard InChI is InChI=1S/C19H23F2NO4S/c20-16-6-7-17(21)18(12-16)27(24,25)22-10-8-15(9-11-22)19(23)26-13-14-4-2-1-3-5-14/h1-2,6-7,12,14-15H,3-5,8-11,13H2. The number of allylic oxidation sites excluding steroid dienone is 2. The second-order valence-corrected chi connectivity index (χ2v) is 8.94. The summed E-state index contributed by atoms with van der Waals surface area (Å²) in [7, 11) is -4.14. The maximum absolute atomic E-state index is 13.9. The van der Waals surface area contributed by atoms with Crippen molar-refractivity contribution in [3.05, 3.63) is 42.0 Å². The second-order valence-electron chi connectivity index (χ2n) is 7.03. The number of hydrogen-bond donors (Lipinski definition) is 0. The molecule has 1 aliphatic carbocycles. The summed E-state index contributed by atoms with van der Waals surface area (Å²) in [4.78, 5) is 11.6. The zero-order valence-electron chi connectivity index (χ0n) is 14.9. The molecule has 0 saturated carbocycles. The van der Waals surface area contributed by atoms with Gasteiger partial charge in [-0.25, -0.2) is 17.2 Å². The van der Waals surface area contributed by atoms with Crippen LogP contribution in [0.2, 0.25) is 0 Å². The van der Waals surface area contributed by atoms with Crippen molar-refractivity contribution >= 4 is 16.0 Å². The van der Waals surface area contributed by atoms with Gasteiger partial charge in [-0.3, -0.25) is 4.79 Å². The zero-order chi connectivity index (χ0) is 19.4. The number of rotatable bonds is 5. The average Bonchev–Trinajstić information content (AvgIpc) is 2.68. The van der Waals surface area contributed by atoms with E-state index in [0.29, 0.717) is 31.4 Å². The molecule has 2 aliphatic rings. The first kappa shape index (κ1) is 19.9.